The first kappa shape index (κ1) is 25.1. The van der Waals surface area contributed by atoms with Gasteiger partial charge >= 0.3 is 6.09 Å². The van der Waals surface area contributed by atoms with E-state index in [9.17, 15) is 18.0 Å². The van der Waals surface area contributed by atoms with Crippen LogP contribution in [0.4, 0.5) is 4.79 Å². The second-order valence-corrected chi connectivity index (χ2v) is 11.8. The van der Waals surface area contributed by atoms with Crippen LogP contribution in [0.1, 0.15) is 27.7 Å². The van der Waals surface area contributed by atoms with Crippen molar-refractivity contribution in [1.82, 2.24) is 9.62 Å². The zero-order valence-corrected chi connectivity index (χ0v) is 20.6. The van der Waals surface area contributed by atoms with Crippen molar-refractivity contribution < 1.29 is 27.5 Å². The molecule has 1 aliphatic rings. The Hall–Kier alpha value is -2.56. The molecule has 33 heavy (non-hydrogen) atoms. The molecule has 1 aliphatic heterocycles. The Morgan fingerprint density at radius 1 is 1.00 bits per heavy atom. The normalized spacial score (nSPS) is 18.7. The van der Waals surface area contributed by atoms with Crippen LogP contribution in [0.15, 0.2) is 59.5 Å². The van der Waals surface area contributed by atoms with Gasteiger partial charge in [-0.15, -0.1) is 0 Å². The molecule has 1 saturated heterocycles. The Bertz CT molecular complexity index is 1080. The van der Waals surface area contributed by atoms with Gasteiger partial charge in [0.05, 0.1) is 10.9 Å². The highest BCUT2D eigenvalue weighted by Crippen LogP contribution is 2.28. The molecule has 10 heteroatoms. The van der Waals surface area contributed by atoms with E-state index in [2.05, 4.69) is 4.72 Å². The Labute approximate surface area is 198 Å². The summed E-state index contributed by atoms with van der Waals surface area (Å²) in [5.74, 6) is 1.14. The molecule has 0 unspecified atom stereocenters. The highest BCUT2D eigenvalue weighted by atomic mass is 32.2. The van der Waals surface area contributed by atoms with E-state index in [-0.39, 0.29) is 23.1 Å². The van der Waals surface area contributed by atoms with Crippen LogP contribution in [0.5, 0.6) is 11.5 Å². The van der Waals surface area contributed by atoms with Gasteiger partial charge in [-0.05, 0) is 57.2 Å². The fourth-order valence-corrected chi connectivity index (χ4v) is 5.63. The van der Waals surface area contributed by atoms with E-state index in [4.69, 9.17) is 9.47 Å². The molecule has 0 bridgehead atoms. The predicted molar refractivity (Wildman–Crippen MR) is 127 cm³/mol. The number of thioether (sulfide) groups is 1. The zero-order valence-electron chi connectivity index (χ0n) is 19.0. The topological polar surface area (TPSA) is 102 Å². The van der Waals surface area contributed by atoms with E-state index in [0.29, 0.717) is 11.5 Å². The summed E-state index contributed by atoms with van der Waals surface area (Å²) in [6, 6.07) is 14.6. The minimum Gasteiger partial charge on any atom is -0.457 e. The maximum Gasteiger partial charge on any atom is 0.410 e. The van der Waals surface area contributed by atoms with Crippen molar-refractivity contribution in [3.05, 3.63) is 54.6 Å². The van der Waals surface area contributed by atoms with E-state index in [1.807, 2.05) is 18.2 Å². The summed E-state index contributed by atoms with van der Waals surface area (Å²) in [4.78, 5) is 25.7. The van der Waals surface area contributed by atoms with E-state index in [1.165, 1.54) is 24.0 Å². The lowest BCUT2D eigenvalue weighted by molar-refractivity contribution is -0.109. The average molecular weight is 493 g/mol. The number of carbonyl (C=O) groups is 2. The third-order valence-corrected chi connectivity index (χ3v) is 7.27. The van der Waals surface area contributed by atoms with Gasteiger partial charge in [-0.3, -0.25) is 4.79 Å². The monoisotopic (exact) mass is 492 g/mol. The van der Waals surface area contributed by atoms with Crippen molar-refractivity contribution in [1.29, 1.82) is 0 Å². The van der Waals surface area contributed by atoms with E-state index >= 15 is 0 Å². The number of para-hydroxylation sites is 1. The molecule has 2 aromatic carbocycles. The van der Waals surface area contributed by atoms with Crippen LogP contribution >= 0.6 is 11.8 Å². The second-order valence-electron chi connectivity index (χ2n) is 8.65. The van der Waals surface area contributed by atoms with Gasteiger partial charge in [0.1, 0.15) is 17.1 Å². The lowest BCUT2D eigenvalue weighted by Gasteiger charge is -2.24. The van der Waals surface area contributed by atoms with Gasteiger partial charge in [0, 0.05) is 25.3 Å². The molecule has 3 rings (SSSR count). The first-order chi connectivity index (χ1) is 15.4. The molecule has 2 aromatic rings. The molecule has 0 radical (unpaired) electrons. The molecule has 1 N–H and O–H groups in total. The van der Waals surface area contributed by atoms with Gasteiger partial charge in [-0.25, -0.2) is 17.9 Å². The number of nitrogens with one attached hydrogen (secondary N) is 1. The molecule has 2 atom stereocenters. The summed E-state index contributed by atoms with van der Waals surface area (Å²) in [6.07, 6.45) is -0.541. The lowest BCUT2D eigenvalue weighted by Crippen LogP contribution is -2.42. The average Bonchev–Trinajstić information content (AvgIpc) is 3.09. The Morgan fingerprint density at radius 2 is 1.61 bits per heavy atom. The number of benzene rings is 2. The number of nitrogens with zero attached hydrogens (tertiary/aromatic N) is 1. The van der Waals surface area contributed by atoms with E-state index in [1.54, 1.807) is 45.0 Å². The number of hydrogen-bond acceptors (Lipinski definition) is 7. The molecule has 1 amide bonds. The van der Waals surface area contributed by atoms with Crippen LogP contribution < -0.4 is 9.46 Å². The number of rotatable bonds is 6. The smallest absolute Gasteiger partial charge is 0.410 e. The van der Waals surface area contributed by atoms with Crippen LogP contribution in [-0.4, -0.2) is 54.5 Å². The summed E-state index contributed by atoms with van der Waals surface area (Å²) in [6.45, 7) is 7.00. The molecule has 1 heterocycles. The van der Waals surface area contributed by atoms with Gasteiger partial charge in [0.2, 0.25) is 10.0 Å². The number of likely N-dealkylation sites (tertiary alicyclic amines) is 1. The van der Waals surface area contributed by atoms with Gasteiger partial charge in [-0.1, -0.05) is 30.0 Å². The third-order valence-electron chi connectivity index (χ3n) is 4.65. The third kappa shape index (κ3) is 7.21. The summed E-state index contributed by atoms with van der Waals surface area (Å²) in [7, 11) is -3.90. The summed E-state index contributed by atoms with van der Waals surface area (Å²) >= 11 is 1.01. The highest BCUT2D eigenvalue weighted by molar-refractivity contribution is 8.14. The maximum atomic E-state index is 13.0. The van der Waals surface area contributed by atoms with Gasteiger partial charge in [0.25, 0.3) is 0 Å². The molecule has 0 spiro atoms. The summed E-state index contributed by atoms with van der Waals surface area (Å²) in [5, 5.41) is -0.580. The standard InChI is InChI=1S/C23H28N2O6S2/c1-16(26)32-21-15-25(22(27)31-23(2,3)4)14-20(21)24-33(28,29)19-12-10-18(11-13-19)30-17-8-6-5-7-9-17/h5-13,20-21,24H,14-15H2,1-4H3/t20-,21-/m0/s1. The molecule has 0 aromatic heterocycles. The molecular formula is C23H28N2O6S2. The fraction of sp³-hybridized carbons (Fsp3) is 0.391. The van der Waals surface area contributed by atoms with Crippen molar-refractivity contribution in [3.63, 3.8) is 0 Å². The fourth-order valence-electron chi connectivity index (χ4n) is 3.27. The van der Waals surface area contributed by atoms with Gasteiger partial charge in [-0.2, -0.15) is 0 Å². The number of sulfonamides is 1. The number of amides is 1. The van der Waals surface area contributed by atoms with Crippen molar-refractivity contribution >= 4 is 33.0 Å². The Balaban J connectivity index is 1.71. The van der Waals surface area contributed by atoms with Crippen molar-refractivity contribution in [3.8, 4) is 11.5 Å². The first-order valence-corrected chi connectivity index (χ1v) is 12.8. The van der Waals surface area contributed by atoms with Crippen LogP contribution in [0.2, 0.25) is 0 Å². The molecular weight excluding hydrogens is 464 g/mol. The molecule has 0 aliphatic carbocycles. The summed E-state index contributed by atoms with van der Waals surface area (Å²) < 4.78 is 39.8. The van der Waals surface area contributed by atoms with Crippen LogP contribution in [0.3, 0.4) is 0 Å². The van der Waals surface area contributed by atoms with Gasteiger partial charge in [0.15, 0.2) is 5.12 Å². The van der Waals surface area contributed by atoms with Crippen LogP contribution in [0, 0.1) is 0 Å². The quantitative estimate of drug-likeness (QED) is 0.650. The number of ether oxygens (including phenoxy) is 2. The van der Waals surface area contributed by atoms with Crippen LogP contribution in [-0.2, 0) is 19.6 Å². The SMILES string of the molecule is CC(=O)S[C@H]1CN(C(=O)OC(C)(C)C)C[C@@H]1NS(=O)(=O)c1ccc(Oc2ccccc2)cc1. The highest BCUT2D eigenvalue weighted by Gasteiger charge is 2.40. The largest absolute Gasteiger partial charge is 0.457 e. The number of hydrogen-bond donors (Lipinski definition) is 1. The van der Waals surface area contributed by atoms with Crippen molar-refractivity contribution in [2.45, 2.75) is 49.5 Å². The molecule has 0 saturated carbocycles. The minimum atomic E-state index is -3.90. The maximum absolute atomic E-state index is 13.0. The van der Waals surface area contributed by atoms with Gasteiger partial charge < -0.3 is 14.4 Å². The first-order valence-electron chi connectivity index (χ1n) is 10.4. The Kier molecular flexibility index (Phi) is 7.71. The van der Waals surface area contributed by atoms with Crippen LogP contribution in [0.25, 0.3) is 0 Å². The van der Waals surface area contributed by atoms with Crippen molar-refractivity contribution in [2.75, 3.05) is 13.1 Å². The predicted octanol–water partition coefficient (Wildman–Crippen LogP) is 4.02. The van der Waals surface area contributed by atoms with E-state index in [0.717, 1.165) is 11.8 Å². The minimum absolute atomic E-state index is 0.0604. The van der Waals surface area contributed by atoms with E-state index < -0.39 is 33.0 Å². The molecule has 8 nitrogen and oxygen atoms in total. The van der Waals surface area contributed by atoms with Crippen molar-refractivity contribution in [2.24, 2.45) is 0 Å². The number of carbonyl (C=O) groups excluding carboxylic acids is 2. The Morgan fingerprint density at radius 3 is 2.18 bits per heavy atom. The summed E-state index contributed by atoms with van der Waals surface area (Å²) in [5.41, 5.74) is -0.679. The molecule has 178 valence electrons. The molecule has 1 fully saturated rings. The zero-order chi connectivity index (χ0) is 24.2. The second kappa shape index (κ2) is 10.1. The lowest BCUT2D eigenvalue weighted by atomic mass is 10.2.